The summed E-state index contributed by atoms with van der Waals surface area (Å²) in [4.78, 5) is 21.3. The molecule has 0 aliphatic rings. The first-order valence-corrected chi connectivity index (χ1v) is 6.28. The highest BCUT2D eigenvalue weighted by Crippen LogP contribution is 2.30. The molecule has 0 radical (unpaired) electrons. The summed E-state index contributed by atoms with van der Waals surface area (Å²) in [5, 5.41) is 15.0. The van der Waals surface area contributed by atoms with E-state index in [1.165, 1.54) is 10.7 Å². The molecular formula is C10H5Br2N3O3. The maximum Gasteiger partial charge on any atom is 0.294 e. The second kappa shape index (κ2) is 4.99. The molecule has 8 heteroatoms. The van der Waals surface area contributed by atoms with Crippen LogP contribution in [-0.2, 0) is 0 Å². The Morgan fingerprint density at radius 3 is 2.56 bits per heavy atom. The van der Waals surface area contributed by atoms with Crippen LogP contribution in [0.25, 0.3) is 5.69 Å². The van der Waals surface area contributed by atoms with E-state index in [9.17, 15) is 14.9 Å². The average Bonchev–Trinajstić information content (AvgIpc) is 2.64. The van der Waals surface area contributed by atoms with Gasteiger partial charge in [-0.3, -0.25) is 14.9 Å². The van der Waals surface area contributed by atoms with E-state index in [0.717, 1.165) is 0 Å². The molecule has 0 bridgehead atoms. The van der Waals surface area contributed by atoms with Crippen molar-refractivity contribution in [3.05, 3.63) is 49.1 Å². The Labute approximate surface area is 118 Å². The molecule has 1 aromatic heterocycles. The minimum absolute atomic E-state index is 0.0920. The summed E-state index contributed by atoms with van der Waals surface area (Å²) in [6, 6.07) is 6.15. The molecule has 2 rings (SSSR count). The number of carbonyl (C=O) groups is 1. The number of nitro groups is 1. The van der Waals surface area contributed by atoms with Crippen molar-refractivity contribution >= 4 is 43.8 Å². The summed E-state index contributed by atoms with van der Waals surface area (Å²) in [5.74, 6) is 0. The second-order valence-electron chi connectivity index (χ2n) is 3.27. The van der Waals surface area contributed by atoms with Crippen LogP contribution in [0.2, 0.25) is 0 Å². The summed E-state index contributed by atoms with van der Waals surface area (Å²) in [6.07, 6.45) is 0.617. The summed E-state index contributed by atoms with van der Waals surface area (Å²) in [6.45, 7) is 0. The third kappa shape index (κ3) is 2.08. The first-order chi connectivity index (χ1) is 8.56. The van der Waals surface area contributed by atoms with Crippen molar-refractivity contribution in [3.63, 3.8) is 0 Å². The average molecular weight is 375 g/mol. The lowest BCUT2D eigenvalue weighted by Crippen LogP contribution is -2.01. The van der Waals surface area contributed by atoms with Gasteiger partial charge in [-0.25, -0.2) is 4.68 Å². The lowest BCUT2D eigenvalue weighted by atomic mass is 10.3. The Morgan fingerprint density at radius 1 is 1.33 bits per heavy atom. The van der Waals surface area contributed by atoms with Crippen molar-refractivity contribution in [2.24, 2.45) is 0 Å². The van der Waals surface area contributed by atoms with E-state index in [4.69, 9.17) is 0 Å². The van der Waals surface area contributed by atoms with E-state index in [1.54, 1.807) is 18.2 Å². The van der Waals surface area contributed by atoms with Gasteiger partial charge in [0.05, 0.1) is 10.5 Å². The summed E-state index contributed by atoms with van der Waals surface area (Å²) < 4.78 is 1.98. The van der Waals surface area contributed by atoms with E-state index in [1.807, 2.05) is 0 Å². The van der Waals surface area contributed by atoms with Gasteiger partial charge in [-0.15, -0.1) is 0 Å². The Hall–Kier alpha value is -1.54. The highest BCUT2D eigenvalue weighted by atomic mass is 79.9. The van der Waals surface area contributed by atoms with Crippen LogP contribution in [-0.4, -0.2) is 21.0 Å². The standard InChI is InChI=1S/C10H5Br2N3O3/c11-9-6(5-16)10(12)14(13-9)7-3-1-2-4-8(7)15(17)18/h1-5H. The van der Waals surface area contributed by atoms with Gasteiger partial charge in [-0.1, -0.05) is 12.1 Å². The smallest absolute Gasteiger partial charge is 0.294 e. The number of para-hydroxylation sites is 2. The predicted octanol–water partition coefficient (Wildman–Crippen LogP) is 3.12. The number of hydrogen-bond donors (Lipinski definition) is 0. The van der Waals surface area contributed by atoms with Gasteiger partial charge in [-0.2, -0.15) is 5.10 Å². The molecule has 2 aromatic rings. The number of hydrogen-bond acceptors (Lipinski definition) is 4. The molecule has 0 N–H and O–H groups in total. The van der Waals surface area contributed by atoms with E-state index in [-0.39, 0.29) is 11.4 Å². The lowest BCUT2D eigenvalue weighted by molar-refractivity contribution is -0.384. The van der Waals surface area contributed by atoms with Crippen molar-refractivity contribution in [1.82, 2.24) is 9.78 Å². The van der Waals surface area contributed by atoms with Gasteiger partial charge in [0, 0.05) is 6.07 Å². The number of nitrogens with zero attached hydrogens (tertiary/aromatic N) is 3. The molecule has 0 fully saturated rings. The van der Waals surface area contributed by atoms with Crippen LogP contribution in [0.15, 0.2) is 33.5 Å². The normalized spacial score (nSPS) is 10.3. The molecule has 6 nitrogen and oxygen atoms in total. The molecule has 18 heavy (non-hydrogen) atoms. The topological polar surface area (TPSA) is 78.0 Å². The van der Waals surface area contributed by atoms with Crippen molar-refractivity contribution in [2.45, 2.75) is 0 Å². The molecule has 0 atom stereocenters. The van der Waals surface area contributed by atoms with E-state index in [0.29, 0.717) is 21.1 Å². The van der Waals surface area contributed by atoms with Gasteiger partial charge >= 0.3 is 0 Å². The zero-order chi connectivity index (χ0) is 13.3. The lowest BCUT2D eigenvalue weighted by Gasteiger charge is -2.03. The zero-order valence-corrected chi connectivity index (χ0v) is 11.9. The van der Waals surface area contributed by atoms with Crippen molar-refractivity contribution in [2.75, 3.05) is 0 Å². The van der Waals surface area contributed by atoms with E-state index >= 15 is 0 Å². The second-order valence-corrected chi connectivity index (χ2v) is 4.77. The molecule has 0 aliphatic heterocycles. The maximum atomic E-state index is 10.9. The highest BCUT2D eigenvalue weighted by Gasteiger charge is 2.20. The molecule has 1 aromatic carbocycles. The highest BCUT2D eigenvalue weighted by molar-refractivity contribution is 9.11. The maximum absolute atomic E-state index is 10.9. The van der Waals surface area contributed by atoms with Crippen molar-refractivity contribution < 1.29 is 9.72 Å². The third-order valence-corrected chi connectivity index (χ3v) is 3.59. The van der Waals surface area contributed by atoms with Gasteiger partial charge in [0.15, 0.2) is 6.29 Å². The van der Waals surface area contributed by atoms with Crippen LogP contribution in [0, 0.1) is 10.1 Å². The summed E-state index contributed by atoms with van der Waals surface area (Å²) in [5.41, 5.74) is 0.488. The van der Waals surface area contributed by atoms with Crippen LogP contribution in [0.4, 0.5) is 5.69 Å². The van der Waals surface area contributed by atoms with Crippen LogP contribution >= 0.6 is 31.9 Å². The number of benzene rings is 1. The van der Waals surface area contributed by atoms with Crippen LogP contribution in [0.3, 0.4) is 0 Å². The predicted molar refractivity (Wildman–Crippen MR) is 71.0 cm³/mol. The Balaban J connectivity index is 2.70. The number of nitro benzene ring substituents is 1. The van der Waals surface area contributed by atoms with Gasteiger partial charge in [0.2, 0.25) is 0 Å². The first kappa shape index (κ1) is 12.9. The monoisotopic (exact) mass is 373 g/mol. The molecule has 0 spiro atoms. The van der Waals surface area contributed by atoms with Crippen molar-refractivity contribution in [3.8, 4) is 5.69 Å². The number of aldehydes is 1. The first-order valence-electron chi connectivity index (χ1n) is 4.69. The Morgan fingerprint density at radius 2 is 2.00 bits per heavy atom. The summed E-state index contributed by atoms with van der Waals surface area (Å²) in [7, 11) is 0. The molecular weight excluding hydrogens is 370 g/mol. The van der Waals surface area contributed by atoms with E-state index < -0.39 is 4.92 Å². The summed E-state index contributed by atoms with van der Waals surface area (Å²) >= 11 is 6.32. The minimum atomic E-state index is -0.502. The SMILES string of the molecule is O=Cc1c(Br)nn(-c2ccccc2[N+](=O)[O-])c1Br. The third-order valence-electron chi connectivity index (χ3n) is 2.24. The fourth-order valence-corrected chi connectivity index (χ4v) is 2.70. The van der Waals surface area contributed by atoms with Crippen LogP contribution in [0.5, 0.6) is 0 Å². The van der Waals surface area contributed by atoms with Crippen molar-refractivity contribution in [1.29, 1.82) is 0 Å². The number of carbonyl (C=O) groups excluding carboxylic acids is 1. The Bertz CT molecular complexity index is 639. The molecule has 0 saturated heterocycles. The molecule has 0 saturated carbocycles. The largest absolute Gasteiger partial charge is 0.298 e. The molecule has 0 amide bonds. The quantitative estimate of drug-likeness (QED) is 0.469. The number of halogens is 2. The van der Waals surface area contributed by atoms with Gasteiger partial charge in [-0.05, 0) is 37.9 Å². The molecule has 92 valence electrons. The van der Waals surface area contributed by atoms with Crippen LogP contribution in [0.1, 0.15) is 10.4 Å². The molecule has 0 unspecified atom stereocenters. The van der Waals surface area contributed by atoms with Crippen LogP contribution < -0.4 is 0 Å². The minimum Gasteiger partial charge on any atom is -0.298 e. The molecule has 1 heterocycles. The zero-order valence-electron chi connectivity index (χ0n) is 8.71. The Kier molecular flexibility index (Phi) is 3.58. The molecule has 0 aliphatic carbocycles. The number of aromatic nitrogens is 2. The fourth-order valence-electron chi connectivity index (χ4n) is 1.44. The fraction of sp³-hybridized carbons (Fsp3) is 0. The van der Waals surface area contributed by atoms with Gasteiger partial charge < -0.3 is 0 Å². The van der Waals surface area contributed by atoms with E-state index in [2.05, 4.69) is 37.0 Å². The van der Waals surface area contributed by atoms with Gasteiger partial charge in [0.25, 0.3) is 5.69 Å². The van der Waals surface area contributed by atoms with Gasteiger partial charge in [0.1, 0.15) is 14.9 Å². The number of rotatable bonds is 3.